The summed E-state index contributed by atoms with van der Waals surface area (Å²) in [6, 6.07) is 3.97. The highest BCUT2D eigenvalue weighted by Crippen LogP contribution is 2.15. The Labute approximate surface area is 92.4 Å². The van der Waals surface area contributed by atoms with Crippen LogP contribution in [0.5, 0.6) is 0 Å². The van der Waals surface area contributed by atoms with Crippen LogP contribution in [0.2, 0.25) is 5.02 Å². The highest BCUT2D eigenvalue weighted by molar-refractivity contribution is 6.30. The summed E-state index contributed by atoms with van der Waals surface area (Å²) in [5.74, 6) is -0.883. The summed E-state index contributed by atoms with van der Waals surface area (Å²) < 4.78 is 12.8. The standard InChI is InChI=1S/C10H12ClFN2O/c1-6(10(13)15)14-5-7-2-3-9(12)8(11)4-7/h2-4,6,14H,5H2,1H3,(H2,13,15). The number of benzene rings is 1. The van der Waals surface area contributed by atoms with Crippen LogP contribution in [-0.4, -0.2) is 11.9 Å². The zero-order valence-corrected chi connectivity index (χ0v) is 9.01. The molecule has 0 saturated heterocycles. The molecule has 0 bridgehead atoms. The number of carbonyl (C=O) groups excluding carboxylic acids is 1. The number of hydrogen-bond acceptors (Lipinski definition) is 2. The van der Waals surface area contributed by atoms with Gasteiger partial charge in [-0.3, -0.25) is 4.79 Å². The summed E-state index contributed by atoms with van der Waals surface area (Å²) in [4.78, 5) is 10.7. The summed E-state index contributed by atoms with van der Waals surface area (Å²) in [5.41, 5.74) is 5.87. The molecular formula is C10H12ClFN2O. The van der Waals surface area contributed by atoms with Crippen molar-refractivity contribution >= 4 is 17.5 Å². The van der Waals surface area contributed by atoms with E-state index < -0.39 is 17.8 Å². The normalized spacial score (nSPS) is 12.5. The third kappa shape index (κ3) is 3.49. The molecule has 3 N–H and O–H groups in total. The lowest BCUT2D eigenvalue weighted by Crippen LogP contribution is -2.38. The molecule has 1 unspecified atom stereocenters. The zero-order valence-electron chi connectivity index (χ0n) is 8.26. The van der Waals surface area contributed by atoms with Crippen LogP contribution in [0.4, 0.5) is 4.39 Å². The first kappa shape index (κ1) is 11.9. The Bertz CT molecular complexity index is 370. The van der Waals surface area contributed by atoms with E-state index in [0.717, 1.165) is 5.56 Å². The molecule has 0 fully saturated rings. The van der Waals surface area contributed by atoms with Crippen LogP contribution in [0.25, 0.3) is 0 Å². The maximum absolute atomic E-state index is 12.8. The molecule has 3 nitrogen and oxygen atoms in total. The first-order valence-corrected chi connectivity index (χ1v) is 4.85. The maximum Gasteiger partial charge on any atom is 0.234 e. The Morgan fingerprint density at radius 3 is 2.87 bits per heavy atom. The van der Waals surface area contributed by atoms with Gasteiger partial charge in [0.15, 0.2) is 0 Å². The van der Waals surface area contributed by atoms with E-state index in [2.05, 4.69) is 5.32 Å². The topological polar surface area (TPSA) is 55.1 Å². The molecule has 0 aliphatic heterocycles. The zero-order chi connectivity index (χ0) is 11.4. The SMILES string of the molecule is CC(NCc1ccc(F)c(Cl)c1)C(N)=O. The fourth-order valence-corrected chi connectivity index (χ4v) is 1.22. The van der Waals surface area contributed by atoms with Crippen LogP contribution >= 0.6 is 11.6 Å². The van der Waals surface area contributed by atoms with Crippen molar-refractivity contribution in [2.24, 2.45) is 5.73 Å². The van der Waals surface area contributed by atoms with Crippen molar-refractivity contribution in [2.45, 2.75) is 19.5 Å². The van der Waals surface area contributed by atoms with Crippen molar-refractivity contribution in [3.05, 3.63) is 34.6 Å². The van der Waals surface area contributed by atoms with Gasteiger partial charge in [0.25, 0.3) is 0 Å². The predicted octanol–water partition coefficient (Wildman–Crippen LogP) is 1.44. The molecule has 0 aromatic heterocycles. The van der Waals surface area contributed by atoms with Crippen molar-refractivity contribution in [1.82, 2.24) is 5.32 Å². The molecule has 0 aliphatic carbocycles. The summed E-state index contributed by atoms with van der Waals surface area (Å²) in [6.45, 7) is 2.08. The Morgan fingerprint density at radius 1 is 1.67 bits per heavy atom. The number of hydrogen-bond donors (Lipinski definition) is 2. The lowest BCUT2D eigenvalue weighted by molar-refractivity contribution is -0.119. The summed E-state index contributed by atoms with van der Waals surface area (Å²) in [5, 5.41) is 2.96. The number of nitrogens with one attached hydrogen (secondary N) is 1. The van der Waals surface area contributed by atoms with Crippen molar-refractivity contribution in [3.63, 3.8) is 0 Å². The Morgan fingerprint density at radius 2 is 2.33 bits per heavy atom. The number of halogens is 2. The molecule has 1 amide bonds. The van der Waals surface area contributed by atoms with Gasteiger partial charge >= 0.3 is 0 Å². The highest BCUT2D eigenvalue weighted by atomic mass is 35.5. The van der Waals surface area contributed by atoms with Crippen LogP contribution in [-0.2, 0) is 11.3 Å². The van der Waals surface area contributed by atoms with Crippen LogP contribution in [0.1, 0.15) is 12.5 Å². The van der Waals surface area contributed by atoms with E-state index in [4.69, 9.17) is 17.3 Å². The molecule has 0 saturated carbocycles. The number of nitrogens with two attached hydrogens (primary N) is 1. The molecule has 5 heteroatoms. The average Bonchev–Trinajstić information content (AvgIpc) is 2.19. The minimum atomic E-state index is -0.455. The van der Waals surface area contributed by atoms with Gasteiger partial charge < -0.3 is 11.1 Å². The van der Waals surface area contributed by atoms with E-state index in [1.165, 1.54) is 12.1 Å². The van der Waals surface area contributed by atoms with Crippen molar-refractivity contribution < 1.29 is 9.18 Å². The molecule has 1 aromatic carbocycles. The third-order valence-corrected chi connectivity index (χ3v) is 2.31. The largest absolute Gasteiger partial charge is 0.368 e. The van der Waals surface area contributed by atoms with Gasteiger partial charge in [0.2, 0.25) is 5.91 Å². The molecule has 0 spiro atoms. The van der Waals surface area contributed by atoms with Gasteiger partial charge in [0, 0.05) is 6.54 Å². The van der Waals surface area contributed by atoms with Gasteiger partial charge in [-0.25, -0.2) is 4.39 Å². The molecule has 1 aromatic rings. The minimum Gasteiger partial charge on any atom is -0.368 e. The highest BCUT2D eigenvalue weighted by Gasteiger charge is 2.07. The average molecular weight is 231 g/mol. The van der Waals surface area contributed by atoms with Gasteiger partial charge in [-0.2, -0.15) is 0 Å². The van der Waals surface area contributed by atoms with E-state index >= 15 is 0 Å². The van der Waals surface area contributed by atoms with Crippen LogP contribution in [0, 0.1) is 5.82 Å². The third-order valence-electron chi connectivity index (χ3n) is 2.02. The van der Waals surface area contributed by atoms with Crippen LogP contribution in [0.15, 0.2) is 18.2 Å². The van der Waals surface area contributed by atoms with Crippen molar-refractivity contribution in [2.75, 3.05) is 0 Å². The van der Waals surface area contributed by atoms with E-state index in [1.54, 1.807) is 13.0 Å². The fraction of sp³-hybridized carbons (Fsp3) is 0.300. The predicted molar refractivity (Wildman–Crippen MR) is 56.9 cm³/mol. The molecule has 0 radical (unpaired) electrons. The lowest BCUT2D eigenvalue weighted by atomic mass is 10.2. The maximum atomic E-state index is 12.8. The molecule has 0 aliphatic rings. The van der Waals surface area contributed by atoms with Crippen molar-refractivity contribution in [3.8, 4) is 0 Å². The first-order valence-electron chi connectivity index (χ1n) is 4.47. The second-order valence-corrected chi connectivity index (χ2v) is 3.66. The quantitative estimate of drug-likeness (QED) is 0.823. The van der Waals surface area contributed by atoms with Gasteiger partial charge in [-0.15, -0.1) is 0 Å². The number of rotatable bonds is 4. The van der Waals surface area contributed by atoms with Gasteiger partial charge in [0.05, 0.1) is 11.1 Å². The lowest BCUT2D eigenvalue weighted by Gasteiger charge is -2.10. The Balaban J connectivity index is 2.58. The molecule has 15 heavy (non-hydrogen) atoms. The summed E-state index contributed by atoms with van der Waals surface area (Å²) in [7, 11) is 0. The monoisotopic (exact) mass is 230 g/mol. The summed E-state index contributed by atoms with van der Waals surface area (Å²) >= 11 is 5.60. The number of primary amides is 1. The van der Waals surface area contributed by atoms with Crippen LogP contribution in [0.3, 0.4) is 0 Å². The number of carbonyl (C=O) groups is 1. The van der Waals surface area contributed by atoms with E-state index in [0.29, 0.717) is 6.54 Å². The molecule has 1 rings (SSSR count). The molecular weight excluding hydrogens is 219 g/mol. The van der Waals surface area contributed by atoms with Crippen LogP contribution < -0.4 is 11.1 Å². The van der Waals surface area contributed by atoms with Gasteiger partial charge in [0.1, 0.15) is 5.82 Å². The van der Waals surface area contributed by atoms with E-state index in [1.807, 2.05) is 0 Å². The second kappa shape index (κ2) is 5.09. The fourth-order valence-electron chi connectivity index (χ4n) is 1.02. The van der Waals surface area contributed by atoms with Gasteiger partial charge in [-0.1, -0.05) is 17.7 Å². The molecule has 0 heterocycles. The van der Waals surface area contributed by atoms with Crippen molar-refractivity contribution in [1.29, 1.82) is 0 Å². The Hall–Kier alpha value is -1.13. The van der Waals surface area contributed by atoms with E-state index in [-0.39, 0.29) is 5.02 Å². The smallest absolute Gasteiger partial charge is 0.234 e. The number of amides is 1. The first-order chi connectivity index (χ1) is 7.00. The minimum absolute atomic E-state index is 0.0704. The van der Waals surface area contributed by atoms with Gasteiger partial charge in [-0.05, 0) is 24.6 Å². The summed E-state index contributed by atoms with van der Waals surface area (Å²) in [6.07, 6.45) is 0. The molecule has 1 atom stereocenters. The Kier molecular flexibility index (Phi) is 4.05. The van der Waals surface area contributed by atoms with E-state index in [9.17, 15) is 9.18 Å². The second-order valence-electron chi connectivity index (χ2n) is 3.25. The molecule has 82 valence electrons.